The number of hydrogen-bond acceptors (Lipinski definition) is 7. The molecule has 5 aromatic rings. The molecule has 6 rings (SSSR count). The number of fused-ring (bicyclic) bond motifs is 1. The first-order valence-electron chi connectivity index (χ1n) is 12.0. The van der Waals surface area contributed by atoms with Gasteiger partial charge >= 0.3 is 6.03 Å². The Hall–Kier alpha value is -4.99. The van der Waals surface area contributed by atoms with Crippen LogP contribution in [0.15, 0.2) is 77.3 Å². The highest BCUT2D eigenvalue weighted by molar-refractivity contribution is 6.02. The molecule has 3 heterocycles. The van der Waals surface area contributed by atoms with Gasteiger partial charge in [-0.25, -0.2) is 9.89 Å². The van der Waals surface area contributed by atoms with Crippen LogP contribution in [0.4, 0.5) is 27.7 Å². The van der Waals surface area contributed by atoms with E-state index in [9.17, 15) is 4.79 Å². The Labute approximate surface area is 212 Å². The molecule has 3 aromatic carbocycles. The Morgan fingerprint density at radius 3 is 2.62 bits per heavy atom. The summed E-state index contributed by atoms with van der Waals surface area (Å²) < 4.78 is 5.16. The molecule has 0 spiro atoms. The first-order valence-corrected chi connectivity index (χ1v) is 12.0. The van der Waals surface area contributed by atoms with Crippen molar-refractivity contribution >= 4 is 29.0 Å². The zero-order valence-corrected chi connectivity index (χ0v) is 20.1. The molecule has 184 valence electrons. The molecule has 10 nitrogen and oxygen atoms in total. The van der Waals surface area contributed by atoms with Crippen LogP contribution in [0, 0.1) is 6.92 Å². The number of carbonyl (C=O) groups excluding carboxylic acids is 1. The number of aromatic amines is 1. The van der Waals surface area contributed by atoms with Gasteiger partial charge in [0.05, 0.1) is 17.1 Å². The number of aromatic nitrogens is 5. The van der Waals surface area contributed by atoms with Gasteiger partial charge in [0, 0.05) is 23.9 Å². The van der Waals surface area contributed by atoms with Gasteiger partial charge in [0.15, 0.2) is 5.82 Å². The van der Waals surface area contributed by atoms with Gasteiger partial charge in [-0.15, -0.1) is 5.10 Å². The van der Waals surface area contributed by atoms with Crippen LogP contribution in [0.3, 0.4) is 0 Å². The van der Waals surface area contributed by atoms with E-state index in [4.69, 9.17) is 4.52 Å². The molecule has 0 bridgehead atoms. The highest BCUT2D eigenvalue weighted by Gasteiger charge is 2.22. The highest BCUT2D eigenvalue weighted by Crippen LogP contribution is 2.40. The first kappa shape index (κ1) is 22.5. The van der Waals surface area contributed by atoms with Gasteiger partial charge in [-0.05, 0) is 65.1 Å². The predicted octanol–water partition coefficient (Wildman–Crippen LogP) is 5.56. The predicted molar refractivity (Wildman–Crippen MR) is 141 cm³/mol. The summed E-state index contributed by atoms with van der Waals surface area (Å²) in [7, 11) is 0. The molecule has 0 radical (unpaired) electrons. The van der Waals surface area contributed by atoms with Crippen LogP contribution in [-0.2, 0) is 6.42 Å². The van der Waals surface area contributed by atoms with E-state index in [2.05, 4.69) is 65.6 Å². The van der Waals surface area contributed by atoms with E-state index in [0.717, 1.165) is 47.5 Å². The third kappa shape index (κ3) is 4.52. The van der Waals surface area contributed by atoms with E-state index in [-0.39, 0.29) is 5.88 Å². The molecule has 2 aromatic heterocycles. The molecule has 2 amide bonds. The second-order valence-corrected chi connectivity index (χ2v) is 8.82. The van der Waals surface area contributed by atoms with Crippen LogP contribution in [-0.4, -0.2) is 38.4 Å². The number of rotatable bonds is 5. The van der Waals surface area contributed by atoms with Crippen molar-refractivity contribution < 1.29 is 9.32 Å². The van der Waals surface area contributed by atoms with Crippen LogP contribution in [0.5, 0.6) is 0 Å². The molecule has 0 atom stereocenters. The van der Waals surface area contributed by atoms with Gasteiger partial charge in [-0.2, -0.15) is 0 Å². The number of aryl methyl sites for hydroxylation is 2. The number of H-pyrrole nitrogens is 1. The van der Waals surface area contributed by atoms with Gasteiger partial charge < -0.3 is 14.7 Å². The van der Waals surface area contributed by atoms with Crippen LogP contribution in [0.1, 0.15) is 17.7 Å². The maximum absolute atomic E-state index is 13.0. The van der Waals surface area contributed by atoms with Gasteiger partial charge in [0.25, 0.3) is 0 Å². The summed E-state index contributed by atoms with van der Waals surface area (Å²) in [6.45, 7) is 2.64. The molecule has 10 heteroatoms. The average molecular weight is 493 g/mol. The molecular weight excluding hydrogens is 468 g/mol. The van der Waals surface area contributed by atoms with Crippen molar-refractivity contribution in [2.75, 3.05) is 22.1 Å². The third-order valence-corrected chi connectivity index (χ3v) is 6.35. The molecule has 0 unspecified atom stereocenters. The van der Waals surface area contributed by atoms with Crippen LogP contribution >= 0.6 is 0 Å². The summed E-state index contributed by atoms with van der Waals surface area (Å²) in [6, 6.07) is 23.6. The molecule has 0 saturated carbocycles. The van der Waals surface area contributed by atoms with Crippen LogP contribution in [0.25, 0.3) is 22.5 Å². The molecule has 0 aliphatic carbocycles. The number of urea groups is 1. The molecule has 37 heavy (non-hydrogen) atoms. The fourth-order valence-electron chi connectivity index (χ4n) is 4.73. The SMILES string of the molecule is Cc1cc(NC(=O)Nc2cc(-c3ccccc3-c3nnn[nH]3)ccc2N2CCCc3ccccc32)on1. The van der Waals surface area contributed by atoms with E-state index >= 15 is 0 Å². The second-order valence-electron chi connectivity index (χ2n) is 8.82. The maximum atomic E-state index is 13.0. The fourth-order valence-corrected chi connectivity index (χ4v) is 4.73. The highest BCUT2D eigenvalue weighted by atomic mass is 16.5. The summed E-state index contributed by atoms with van der Waals surface area (Å²) in [5.74, 6) is 0.844. The number of benzene rings is 3. The minimum absolute atomic E-state index is 0.277. The van der Waals surface area contributed by atoms with E-state index in [1.165, 1.54) is 5.56 Å². The molecule has 0 saturated heterocycles. The van der Waals surface area contributed by atoms with Crippen molar-refractivity contribution in [3.05, 3.63) is 84.1 Å². The van der Waals surface area contributed by atoms with Crippen molar-refractivity contribution in [1.29, 1.82) is 0 Å². The molecule has 0 fully saturated rings. The Morgan fingerprint density at radius 2 is 1.81 bits per heavy atom. The number of nitrogens with zero attached hydrogens (tertiary/aromatic N) is 5. The Balaban J connectivity index is 1.42. The Kier molecular flexibility index (Phi) is 5.81. The van der Waals surface area contributed by atoms with Crippen molar-refractivity contribution in [3.63, 3.8) is 0 Å². The lowest BCUT2D eigenvalue weighted by Gasteiger charge is -2.33. The summed E-state index contributed by atoms with van der Waals surface area (Å²) in [5.41, 5.74) is 7.37. The molecule has 3 N–H and O–H groups in total. The first-order chi connectivity index (χ1) is 18.2. The van der Waals surface area contributed by atoms with Gasteiger partial charge in [0.2, 0.25) is 5.88 Å². The van der Waals surface area contributed by atoms with Gasteiger partial charge in [-0.1, -0.05) is 53.7 Å². The van der Waals surface area contributed by atoms with Crippen molar-refractivity contribution in [2.45, 2.75) is 19.8 Å². The van der Waals surface area contributed by atoms with Crippen LogP contribution in [0.2, 0.25) is 0 Å². The van der Waals surface area contributed by atoms with Crippen LogP contribution < -0.4 is 15.5 Å². The normalized spacial score (nSPS) is 12.7. The molecule has 1 aliphatic rings. The number of nitrogens with one attached hydrogen (secondary N) is 3. The van der Waals surface area contributed by atoms with Crippen molar-refractivity contribution in [2.24, 2.45) is 0 Å². The van der Waals surface area contributed by atoms with Crippen molar-refractivity contribution in [3.8, 4) is 22.5 Å². The zero-order chi connectivity index (χ0) is 25.2. The number of hydrogen-bond donors (Lipinski definition) is 3. The van der Waals surface area contributed by atoms with E-state index in [0.29, 0.717) is 17.2 Å². The lowest BCUT2D eigenvalue weighted by atomic mass is 9.97. The van der Waals surface area contributed by atoms with E-state index < -0.39 is 6.03 Å². The lowest BCUT2D eigenvalue weighted by molar-refractivity contribution is 0.261. The number of para-hydroxylation sites is 1. The smallest absolute Gasteiger partial charge is 0.326 e. The summed E-state index contributed by atoms with van der Waals surface area (Å²) in [5, 5.41) is 24.0. The topological polar surface area (TPSA) is 125 Å². The molecule has 1 aliphatic heterocycles. The van der Waals surface area contributed by atoms with E-state index in [1.54, 1.807) is 13.0 Å². The Bertz CT molecular complexity index is 1560. The summed E-state index contributed by atoms with van der Waals surface area (Å²) >= 11 is 0. The molecular formula is C27H24N8O2. The third-order valence-electron chi connectivity index (χ3n) is 6.35. The number of tetrazole rings is 1. The van der Waals surface area contributed by atoms with Gasteiger partial charge in [-0.3, -0.25) is 5.32 Å². The van der Waals surface area contributed by atoms with Gasteiger partial charge in [0.1, 0.15) is 0 Å². The minimum Gasteiger partial charge on any atom is -0.340 e. The standard InChI is InChI=1S/C27H24N8O2/c1-17-15-25(37-32-17)29-27(36)28-22-16-19(20-9-3-4-10-21(20)26-30-33-34-31-26)12-13-24(22)35-14-6-8-18-7-2-5-11-23(18)35/h2-5,7,9-13,15-16H,6,8,14H2,1H3,(H2,28,29,36)(H,30,31,33,34). The monoisotopic (exact) mass is 492 g/mol. The largest absolute Gasteiger partial charge is 0.340 e. The van der Waals surface area contributed by atoms with Crippen molar-refractivity contribution in [1.82, 2.24) is 25.8 Å². The fraction of sp³-hybridized carbons (Fsp3) is 0.148. The van der Waals surface area contributed by atoms with E-state index in [1.807, 2.05) is 42.5 Å². The lowest BCUT2D eigenvalue weighted by Crippen LogP contribution is -2.27. The number of carbonyl (C=O) groups is 1. The number of amides is 2. The summed E-state index contributed by atoms with van der Waals surface area (Å²) in [6.07, 6.45) is 2.04. The zero-order valence-electron chi connectivity index (χ0n) is 20.1. The Morgan fingerprint density at radius 1 is 0.973 bits per heavy atom. The summed E-state index contributed by atoms with van der Waals surface area (Å²) in [4.78, 5) is 15.3. The quantitative estimate of drug-likeness (QED) is 0.293. The minimum atomic E-state index is -0.424. The maximum Gasteiger partial charge on any atom is 0.326 e. The number of anilines is 4. The average Bonchev–Trinajstić information content (AvgIpc) is 3.60. The second kappa shape index (κ2) is 9.57.